The molecule has 1 aromatic rings. The van der Waals surface area contributed by atoms with Gasteiger partial charge in [-0.25, -0.2) is 0 Å². The second-order valence-electron chi connectivity index (χ2n) is 5.63. The number of carbonyl (C=O) groups is 1. The zero-order valence-corrected chi connectivity index (χ0v) is 11.5. The Balaban J connectivity index is 1.95. The van der Waals surface area contributed by atoms with Gasteiger partial charge < -0.3 is 16.0 Å². The van der Waals surface area contributed by atoms with Crippen molar-refractivity contribution in [3.05, 3.63) is 23.8 Å². The highest BCUT2D eigenvalue weighted by Crippen LogP contribution is 2.37. The van der Waals surface area contributed by atoms with Crippen molar-refractivity contribution in [2.24, 2.45) is 5.73 Å². The van der Waals surface area contributed by atoms with E-state index in [0.29, 0.717) is 12.1 Å². The molecule has 3 rings (SSSR count). The molecule has 0 spiro atoms. The van der Waals surface area contributed by atoms with Crippen molar-refractivity contribution in [1.29, 1.82) is 0 Å². The minimum Gasteiger partial charge on any atom is -0.366 e. The van der Waals surface area contributed by atoms with Gasteiger partial charge in [0.2, 0.25) is 5.91 Å². The quantitative estimate of drug-likeness (QED) is 0.857. The summed E-state index contributed by atoms with van der Waals surface area (Å²) in [5.74, 6) is -0.103. The van der Waals surface area contributed by atoms with Crippen molar-refractivity contribution in [1.82, 2.24) is 0 Å². The average molecular weight is 259 g/mol. The van der Waals surface area contributed by atoms with Crippen LogP contribution in [0.15, 0.2) is 18.2 Å². The van der Waals surface area contributed by atoms with Crippen LogP contribution in [-0.2, 0) is 4.79 Å². The van der Waals surface area contributed by atoms with Crippen LogP contribution in [0.4, 0.5) is 11.4 Å². The molecule has 102 valence electrons. The number of amides is 1. The number of anilines is 2. The van der Waals surface area contributed by atoms with E-state index in [0.717, 1.165) is 17.7 Å². The van der Waals surface area contributed by atoms with E-state index in [1.165, 1.54) is 18.5 Å². The number of fused-ring (bicyclic) bond motifs is 1. The summed E-state index contributed by atoms with van der Waals surface area (Å²) in [5.41, 5.74) is 8.84. The van der Waals surface area contributed by atoms with Crippen LogP contribution in [0.25, 0.3) is 0 Å². The Morgan fingerprint density at radius 2 is 2.21 bits per heavy atom. The van der Waals surface area contributed by atoms with E-state index in [1.54, 1.807) is 0 Å². The summed E-state index contributed by atoms with van der Waals surface area (Å²) in [5, 5.41) is 2.87. The molecule has 0 saturated carbocycles. The Kier molecular flexibility index (Phi) is 2.97. The fraction of sp³-hybridized carbons (Fsp3) is 0.533. The third-order valence-electron chi connectivity index (χ3n) is 4.47. The average Bonchev–Trinajstić information content (AvgIpc) is 2.90. The normalized spacial score (nSPS) is 29.5. The van der Waals surface area contributed by atoms with E-state index in [-0.39, 0.29) is 5.91 Å². The number of carbonyl (C=O) groups excluding carboxylic acids is 1. The van der Waals surface area contributed by atoms with Crippen molar-refractivity contribution < 1.29 is 4.79 Å². The Bertz CT molecular complexity index is 514. The van der Waals surface area contributed by atoms with Gasteiger partial charge in [-0.1, -0.05) is 13.0 Å². The van der Waals surface area contributed by atoms with Crippen LogP contribution in [0.5, 0.6) is 0 Å². The predicted octanol–water partition coefficient (Wildman–Crippen LogP) is 2.41. The lowest BCUT2D eigenvalue weighted by molar-refractivity contribution is -0.116. The van der Waals surface area contributed by atoms with E-state index >= 15 is 0 Å². The minimum atomic E-state index is -0.512. The molecular weight excluding hydrogens is 238 g/mol. The van der Waals surface area contributed by atoms with Gasteiger partial charge in [0.05, 0.1) is 0 Å². The van der Waals surface area contributed by atoms with Gasteiger partial charge in [-0.2, -0.15) is 0 Å². The monoisotopic (exact) mass is 259 g/mol. The fourth-order valence-electron chi connectivity index (χ4n) is 3.37. The van der Waals surface area contributed by atoms with Gasteiger partial charge in [0.1, 0.15) is 6.04 Å². The maximum Gasteiger partial charge on any atom is 0.245 e. The van der Waals surface area contributed by atoms with Gasteiger partial charge in [0.15, 0.2) is 0 Å². The van der Waals surface area contributed by atoms with Gasteiger partial charge in [-0.05, 0) is 38.3 Å². The first kappa shape index (κ1) is 12.5. The van der Waals surface area contributed by atoms with Crippen molar-refractivity contribution in [3.8, 4) is 0 Å². The van der Waals surface area contributed by atoms with E-state index in [9.17, 15) is 4.79 Å². The van der Waals surface area contributed by atoms with E-state index in [4.69, 9.17) is 5.73 Å². The molecule has 2 heterocycles. The highest BCUT2D eigenvalue weighted by Gasteiger charge is 2.32. The molecule has 1 fully saturated rings. The van der Waals surface area contributed by atoms with Gasteiger partial charge in [-0.15, -0.1) is 0 Å². The Morgan fingerprint density at radius 1 is 1.42 bits per heavy atom. The van der Waals surface area contributed by atoms with Gasteiger partial charge in [0, 0.05) is 29.0 Å². The van der Waals surface area contributed by atoms with E-state index in [1.807, 2.05) is 6.07 Å². The number of nitrogens with one attached hydrogen (secondary N) is 1. The lowest BCUT2D eigenvalue weighted by atomic mass is 10.1. The van der Waals surface area contributed by atoms with Crippen molar-refractivity contribution in [3.63, 3.8) is 0 Å². The lowest BCUT2D eigenvalue weighted by Gasteiger charge is -2.30. The molecule has 3 atom stereocenters. The Morgan fingerprint density at radius 3 is 2.95 bits per heavy atom. The molecule has 0 aromatic heterocycles. The standard InChI is InChI=1S/C15H21N3O/c1-3-10-5-4-9(2)18(10)11-6-7-12-13(8-11)17-15(19)14(12)16/h6-10,14H,3-5,16H2,1-2H3,(H,17,19). The number of nitrogens with two attached hydrogens (primary N) is 1. The molecule has 4 nitrogen and oxygen atoms in total. The van der Waals surface area contributed by atoms with Crippen LogP contribution in [-0.4, -0.2) is 18.0 Å². The third-order valence-corrected chi connectivity index (χ3v) is 4.47. The second-order valence-corrected chi connectivity index (χ2v) is 5.63. The first-order valence-corrected chi connectivity index (χ1v) is 7.10. The molecule has 19 heavy (non-hydrogen) atoms. The lowest BCUT2D eigenvalue weighted by Crippen LogP contribution is -2.34. The first-order valence-electron chi connectivity index (χ1n) is 7.10. The number of hydrogen-bond acceptors (Lipinski definition) is 3. The molecule has 4 heteroatoms. The minimum absolute atomic E-state index is 0.103. The molecule has 1 aromatic carbocycles. The smallest absolute Gasteiger partial charge is 0.245 e. The van der Waals surface area contributed by atoms with Crippen LogP contribution in [0, 0.1) is 0 Å². The highest BCUT2D eigenvalue weighted by molar-refractivity contribution is 6.03. The maximum atomic E-state index is 11.6. The van der Waals surface area contributed by atoms with E-state index < -0.39 is 6.04 Å². The first-order chi connectivity index (χ1) is 9.11. The number of benzene rings is 1. The van der Waals surface area contributed by atoms with Crippen molar-refractivity contribution in [2.75, 3.05) is 10.2 Å². The van der Waals surface area contributed by atoms with Gasteiger partial charge in [0.25, 0.3) is 0 Å². The Labute approximate surface area is 114 Å². The van der Waals surface area contributed by atoms with Crippen LogP contribution >= 0.6 is 0 Å². The summed E-state index contributed by atoms with van der Waals surface area (Å²) in [6.45, 7) is 4.51. The molecule has 0 aliphatic carbocycles. The zero-order chi connectivity index (χ0) is 13.6. The third kappa shape index (κ3) is 1.91. The molecular formula is C15H21N3O. The van der Waals surface area contributed by atoms with Gasteiger partial charge in [-0.3, -0.25) is 4.79 Å². The van der Waals surface area contributed by atoms with Crippen molar-refractivity contribution >= 4 is 17.3 Å². The summed E-state index contributed by atoms with van der Waals surface area (Å²) in [4.78, 5) is 14.1. The molecule has 0 radical (unpaired) electrons. The molecule has 0 bridgehead atoms. The van der Waals surface area contributed by atoms with Crippen LogP contribution in [0.2, 0.25) is 0 Å². The van der Waals surface area contributed by atoms with Crippen LogP contribution in [0.3, 0.4) is 0 Å². The highest BCUT2D eigenvalue weighted by atomic mass is 16.2. The largest absolute Gasteiger partial charge is 0.366 e. The number of nitrogens with zero attached hydrogens (tertiary/aromatic N) is 1. The Hall–Kier alpha value is -1.55. The van der Waals surface area contributed by atoms with Crippen LogP contribution < -0.4 is 16.0 Å². The molecule has 3 N–H and O–H groups in total. The van der Waals surface area contributed by atoms with Crippen LogP contribution in [0.1, 0.15) is 44.7 Å². The summed E-state index contributed by atoms with van der Waals surface area (Å²) in [6, 6.07) is 6.83. The van der Waals surface area contributed by atoms with Gasteiger partial charge >= 0.3 is 0 Å². The molecule has 1 saturated heterocycles. The number of hydrogen-bond donors (Lipinski definition) is 2. The SMILES string of the molecule is CCC1CCC(C)N1c1ccc2c(c1)NC(=O)C2N. The topological polar surface area (TPSA) is 58.4 Å². The fourth-order valence-corrected chi connectivity index (χ4v) is 3.37. The summed E-state index contributed by atoms with van der Waals surface area (Å²) >= 11 is 0. The molecule has 2 aliphatic heterocycles. The maximum absolute atomic E-state index is 11.6. The number of rotatable bonds is 2. The van der Waals surface area contributed by atoms with E-state index in [2.05, 4.69) is 36.2 Å². The molecule has 3 unspecified atom stereocenters. The summed E-state index contributed by atoms with van der Waals surface area (Å²) < 4.78 is 0. The molecule has 1 amide bonds. The summed E-state index contributed by atoms with van der Waals surface area (Å²) in [6.07, 6.45) is 3.65. The second kappa shape index (κ2) is 4.53. The molecule has 2 aliphatic rings. The zero-order valence-electron chi connectivity index (χ0n) is 11.5. The summed E-state index contributed by atoms with van der Waals surface area (Å²) in [7, 11) is 0. The van der Waals surface area contributed by atoms with Crippen molar-refractivity contribution in [2.45, 2.75) is 51.2 Å². The predicted molar refractivity (Wildman–Crippen MR) is 77.3 cm³/mol.